The van der Waals surface area contributed by atoms with Crippen molar-refractivity contribution in [1.29, 1.82) is 0 Å². The van der Waals surface area contributed by atoms with Gasteiger partial charge in [-0.3, -0.25) is 0 Å². The summed E-state index contributed by atoms with van der Waals surface area (Å²) in [5.74, 6) is 0. The van der Waals surface area contributed by atoms with Crippen LogP contribution in [0, 0.1) is 0 Å². The van der Waals surface area contributed by atoms with Crippen LogP contribution in [0.3, 0.4) is 0 Å². The fourth-order valence-corrected chi connectivity index (χ4v) is 8.37. The third-order valence-corrected chi connectivity index (χ3v) is 12.7. The number of anilines is 2. The molecule has 0 saturated heterocycles. The molecule has 0 amide bonds. The number of halogens is 2. The molecular formula is C26H20Cl2N6O2Te. The number of nitrogens with zero attached hydrogens (tertiary/aromatic N) is 4. The van der Waals surface area contributed by atoms with Gasteiger partial charge in [0.2, 0.25) is 0 Å². The number of carbonyl (C=O) groups excluding carboxylic acids is 2. The zero-order valence-electron chi connectivity index (χ0n) is 19.2. The van der Waals surface area contributed by atoms with Gasteiger partial charge in [-0.15, -0.1) is 0 Å². The summed E-state index contributed by atoms with van der Waals surface area (Å²) < 4.78 is -1.20. The minimum absolute atomic E-state index is 0.187. The van der Waals surface area contributed by atoms with Gasteiger partial charge in [-0.25, -0.2) is 0 Å². The van der Waals surface area contributed by atoms with Gasteiger partial charge in [-0.1, -0.05) is 0 Å². The van der Waals surface area contributed by atoms with E-state index in [1.165, 1.54) is 12.1 Å². The fourth-order valence-electron chi connectivity index (χ4n) is 3.08. The molecule has 0 atom stereocenters. The number of carbonyl (C=O) groups is 2. The Hall–Kier alpha value is -3.61. The molecule has 0 fully saturated rings. The Morgan fingerprint density at radius 3 is 1.27 bits per heavy atom. The zero-order valence-corrected chi connectivity index (χ0v) is 23.0. The van der Waals surface area contributed by atoms with Crippen LogP contribution in [0.5, 0.6) is 0 Å². The third-order valence-electron chi connectivity index (χ3n) is 4.98. The molecule has 186 valence electrons. The van der Waals surface area contributed by atoms with Crippen molar-refractivity contribution in [3.63, 3.8) is 0 Å². The first kappa shape index (κ1) is 26.5. The zero-order chi connectivity index (χ0) is 26.4. The van der Waals surface area contributed by atoms with Gasteiger partial charge in [-0.2, -0.15) is 0 Å². The maximum atomic E-state index is 13.2. The van der Waals surface area contributed by atoms with E-state index in [0.717, 1.165) is 0 Å². The third kappa shape index (κ3) is 6.79. The van der Waals surface area contributed by atoms with Crippen molar-refractivity contribution in [2.75, 3.05) is 11.5 Å². The first-order valence-corrected chi connectivity index (χ1v) is 19.0. The fraction of sp³-hybridized carbons (Fsp3) is 0. The van der Waals surface area contributed by atoms with Crippen LogP contribution < -0.4 is 11.5 Å². The molecule has 0 aromatic heterocycles. The van der Waals surface area contributed by atoms with Crippen molar-refractivity contribution in [2.45, 2.75) is 0 Å². The first-order chi connectivity index (χ1) is 17.7. The number of rotatable bonds is 8. The molecule has 0 aliphatic rings. The SMILES string of the molecule is Nc1ccc(N=Nc2cccc(C(=O)[Te](Cl)(Cl)C(=O)c3cccc(N=Nc4ccc(N)cc4)c3)c2)cc1. The molecule has 4 aromatic carbocycles. The molecule has 0 heterocycles. The Morgan fingerprint density at radius 2 is 0.892 bits per heavy atom. The summed E-state index contributed by atoms with van der Waals surface area (Å²) in [5, 5.41) is 16.6. The van der Waals surface area contributed by atoms with Crippen molar-refractivity contribution in [3.8, 4) is 0 Å². The van der Waals surface area contributed by atoms with Crippen molar-refractivity contribution in [2.24, 2.45) is 20.5 Å². The molecule has 11 heteroatoms. The van der Waals surface area contributed by atoms with Crippen LogP contribution in [-0.4, -0.2) is 23.6 Å². The molecule has 0 aliphatic heterocycles. The van der Waals surface area contributed by atoms with Gasteiger partial charge in [0.05, 0.1) is 0 Å². The van der Waals surface area contributed by atoms with Crippen LogP contribution in [0.15, 0.2) is 118 Å². The Morgan fingerprint density at radius 1 is 0.541 bits per heavy atom. The van der Waals surface area contributed by atoms with E-state index in [4.69, 9.17) is 29.4 Å². The molecule has 0 aliphatic carbocycles. The number of nitrogen functional groups attached to an aromatic ring is 2. The second-order valence-electron chi connectivity index (χ2n) is 7.73. The molecule has 0 spiro atoms. The molecule has 4 rings (SSSR count). The summed E-state index contributed by atoms with van der Waals surface area (Å²) in [6.45, 7) is 0. The van der Waals surface area contributed by atoms with E-state index >= 15 is 0 Å². The number of azo groups is 2. The maximum absolute atomic E-state index is 13.2. The number of benzene rings is 4. The minimum atomic E-state index is -4.78. The first-order valence-electron chi connectivity index (χ1n) is 10.8. The van der Waals surface area contributed by atoms with E-state index in [0.29, 0.717) is 34.1 Å². The van der Waals surface area contributed by atoms with Crippen LogP contribution >= 0.6 is 17.9 Å². The summed E-state index contributed by atoms with van der Waals surface area (Å²) >= 11 is -4.78. The Balaban J connectivity index is 1.52. The van der Waals surface area contributed by atoms with E-state index in [1.807, 2.05) is 0 Å². The molecule has 0 bridgehead atoms. The number of hydrogen-bond acceptors (Lipinski definition) is 8. The summed E-state index contributed by atoms with van der Waals surface area (Å²) in [4.78, 5) is 26.5. The summed E-state index contributed by atoms with van der Waals surface area (Å²) in [6.07, 6.45) is 0. The summed E-state index contributed by atoms with van der Waals surface area (Å²) in [5.41, 5.74) is 15.0. The monoisotopic (exact) mass is 648 g/mol. The Bertz CT molecular complexity index is 1390. The molecule has 37 heavy (non-hydrogen) atoms. The van der Waals surface area contributed by atoms with E-state index in [2.05, 4.69) is 20.5 Å². The Labute approximate surface area is 224 Å². The average Bonchev–Trinajstić information content (AvgIpc) is 2.92. The molecule has 8 nitrogen and oxygen atoms in total. The molecule has 0 unspecified atom stereocenters. The van der Waals surface area contributed by atoms with Crippen molar-refractivity contribution in [3.05, 3.63) is 108 Å². The Kier molecular flexibility index (Phi) is 8.31. The van der Waals surface area contributed by atoms with E-state index < -0.39 is 23.6 Å². The van der Waals surface area contributed by atoms with Gasteiger partial charge in [0, 0.05) is 0 Å². The molecule has 4 N–H and O–H groups in total. The van der Waals surface area contributed by atoms with Gasteiger partial charge in [0.25, 0.3) is 0 Å². The topological polar surface area (TPSA) is 136 Å². The molecule has 0 saturated carbocycles. The quantitative estimate of drug-likeness (QED) is 0.115. The van der Waals surface area contributed by atoms with E-state index in [9.17, 15) is 9.59 Å². The van der Waals surface area contributed by atoms with E-state index in [1.54, 1.807) is 84.9 Å². The van der Waals surface area contributed by atoms with Crippen LogP contribution in [0.1, 0.15) is 20.7 Å². The predicted octanol–water partition coefficient (Wildman–Crippen LogP) is 7.75. The van der Waals surface area contributed by atoms with Gasteiger partial charge in [0.1, 0.15) is 0 Å². The normalized spacial score (nSPS) is 12.2. The standard InChI is InChI=1S/C26H20Cl2N6O2Te/c27-37(28,25(35)17-3-1-5-23(15-17)33-31-21-11-7-19(29)8-12-21)26(36)18-4-2-6-24(16-18)34-32-22-13-9-20(30)10-14-22/h1-16H,29-30H2. The average molecular weight is 647 g/mol. The second-order valence-corrected chi connectivity index (χ2v) is 19.8. The van der Waals surface area contributed by atoms with Gasteiger partial charge < -0.3 is 0 Å². The second kappa shape index (κ2) is 11.6. The van der Waals surface area contributed by atoms with Gasteiger partial charge in [0.15, 0.2) is 0 Å². The van der Waals surface area contributed by atoms with Crippen molar-refractivity contribution in [1.82, 2.24) is 0 Å². The van der Waals surface area contributed by atoms with Gasteiger partial charge in [-0.05, 0) is 0 Å². The predicted molar refractivity (Wildman–Crippen MR) is 149 cm³/mol. The van der Waals surface area contributed by atoms with Crippen LogP contribution in [0.25, 0.3) is 0 Å². The molecule has 4 aromatic rings. The van der Waals surface area contributed by atoms with Crippen molar-refractivity contribution >= 4 is 75.7 Å². The molecule has 0 radical (unpaired) electrons. The number of nitrogens with two attached hydrogens (primary N) is 2. The van der Waals surface area contributed by atoms with Crippen molar-refractivity contribution < 1.29 is 9.59 Å². The van der Waals surface area contributed by atoms with Crippen LogP contribution in [0.2, 0.25) is 0 Å². The van der Waals surface area contributed by atoms with Crippen LogP contribution in [-0.2, 0) is 0 Å². The summed E-state index contributed by atoms with van der Waals surface area (Å²) in [6, 6.07) is 26.4. The number of hydrogen-bond donors (Lipinski definition) is 2. The van der Waals surface area contributed by atoms with E-state index in [-0.39, 0.29) is 11.1 Å². The summed E-state index contributed by atoms with van der Waals surface area (Å²) in [7, 11) is 13.0. The molecular weight excluding hydrogens is 627 g/mol. The van der Waals surface area contributed by atoms with Gasteiger partial charge >= 0.3 is 225 Å². The van der Waals surface area contributed by atoms with Crippen LogP contribution in [0.4, 0.5) is 34.1 Å².